The average Bonchev–Trinajstić information content (AvgIpc) is 2.87. The largest absolute Gasteiger partial charge is 0.358 e. The summed E-state index contributed by atoms with van der Waals surface area (Å²) in [7, 11) is 1.61. The van der Waals surface area contributed by atoms with Crippen LogP contribution in [0.5, 0.6) is 0 Å². The molecule has 0 fully saturated rings. The number of carbonyl (C=O) groups is 1. The van der Waals surface area contributed by atoms with Gasteiger partial charge in [0.15, 0.2) is 0 Å². The van der Waals surface area contributed by atoms with Gasteiger partial charge < -0.3 is 5.32 Å². The molecule has 0 aliphatic rings. The average molecular weight is 277 g/mol. The van der Waals surface area contributed by atoms with Crippen LogP contribution in [0.15, 0.2) is 23.4 Å². The Labute approximate surface area is 115 Å². The van der Waals surface area contributed by atoms with Crippen molar-refractivity contribution in [2.24, 2.45) is 0 Å². The highest BCUT2D eigenvalue weighted by Gasteiger charge is 2.13. The molecular formula is C12H15N5OS. The third-order valence-electron chi connectivity index (χ3n) is 2.86. The second-order valence-corrected chi connectivity index (χ2v) is 5.00. The van der Waals surface area contributed by atoms with E-state index < -0.39 is 0 Å². The molecule has 2 rings (SSSR count). The molecule has 0 atom stereocenters. The SMILES string of the molecule is CNC(=O)CSc1nnnn1-c1cccc(C)c1C. The van der Waals surface area contributed by atoms with Crippen molar-refractivity contribution in [2.75, 3.05) is 12.8 Å². The van der Waals surface area contributed by atoms with Crippen LogP contribution in [-0.2, 0) is 4.79 Å². The number of rotatable bonds is 4. The number of carbonyl (C=O) groups excluding carboxylic acids is 1. The van der Waals surface area contributed by atoms with Gasteiger partial charge in [-0.2, -0.15) is 4.68 Å². The quantitative estimate of drug-likeness (QED) is 0.848. The lowest BCUT2D eigenvalue weighted by atomic mass is 10.1. The van der Waals surface area contributed by atoms with Gasteiger partial charge in [-0.05, 0) is 41.5 Å². The Bertz CT molecular complexity index is 596. The molecular weight excluding hydrogens is 262 g/mol. The van der Waals surface area contributed by atoms with Crippen LogP contribution in [0.2, 0.25) is 0 Å². The van der Waals surface area contributed by atoms with Crippen LogP contribution in [0.4, 0.5) is 0 Å². The lowest BCUT2D eigenvalue weighted by Crippen LogP contribution is -2.20. The molecule has 2 aromatic rings. The first-order valence-electron chi connectivity index (χ1n) is 5.82. The smallest absolute Gasteiger partial charge is 0.230 e. The van der Waals surface area contributed by atoms with E-state index in [1.165, 1.54) is 17.3 Å². The second kappa shape index (κ2) is 5.83. The Morgan fingerprint density at radius 3 is 2.95 bits per heavy atom. The topological polar surface area (TPSA) is 72.7 Å². The van der Waals surface area contributed by atoms with Crippen molar-refractivity contribution in [2.45, 2.75) is 19.0 Å². The summed E-state index contributed by atoms with van der Waals surface area (Å²) in [6, 6.07) is 5.97. The molecule has 1 aromatic heterocycles. The number of aromatic nitrogens is 4. The Hall–Kier alpha value is -1.89. The fourth-order valence-corrected chi connectivity index (χ4v) is 2.34. The van der Waals surface area contributed by atoms with E-state index in [1.54, 1.807) is 11.7 Å². The van der Waals surface area contributed by atoms with Crippen LogP contribution in [-0.4, -0.2) is 38.9 Å². The molecule has 0 aliphatic heterocycles. The van der Waals surface area contributed by atoms with Gasteiger partial charge in [0.25, 0.3) is 0 Å². The van der Waals surface area contributed by atoms with Gasteiger partial charge >= 0.3 is 0 Å². The normalized spacial score (nSPS) is 10.5. The second-order valence-electron chi connectivity index (χ2n) is 4.05. The van der Waals surface area contributed by atoms with Crippen molar-refractivity contribution >= 4 is 17.7 Å². The first-order chi connectivity index (χ1) is 9.13. The summed E-state index contributed by atoms with van der Waals surface area (Å²) >= 11 is 1.31. The zero-order valence-electron chi connectivity index (χ0n) is 11.0. The third kappa shape index (κ3) is 2.93. The maximum atomic E-state index is 11.3. The van der Waals surface area contributed by atoms with Crippen molar-refractivity contribution in [3.05, 3.63) is 29.3 Å². The first kappa shape index (κ1) is 13.5. The van der Waals surface area contributed by atoms with Crippen LogP contribution in [0.25, 0.3) is 5.69 Å². The van der Waals surface area contributed by atoms with Crippen LogP contribution >= 0.6 is 11.8 Å². The van der Waals surface area contributed by atoms with Gasteiger partial charge in [-0.3, -0.25) is 4.79 Å². The lowest BCUT2D eigenvalue weighted by molar-refractivity contribution is -0.118. The highest BCUT2D eigenvalue weighted by Crippen LogP contribution is 2.22. The molecule has 0 unspecified atom stereocenters. The molecule has 7 heteroatoms. The van der Waals surface area contributed by atoms with E-state index in [0.29, 0.717) is 10.9 Å². The summed E-state index contributed by atoms with van der Waals surface area (Å²) in [5.74, 6) is 0.238. The minimum absolute atomic E-state index is 0.0551. The molecule has 19 heavy (non-hydrogen) atoms. The van der Waals surface area contributed by atoms with E-state index in [0.717, 1.165) is 11.3 Å². The van der Waals surface area contributed by atoms with E-state index in [4.69, 9.17) is 0 Å². The van der Waals surface area contributed by atoms with Crippen LogP contribution in [0, 0.1) is 13.8 Å². The van der Waals surface area contributed by atoms with Gasteiger partial charge in [-0.1, -0.05) is 23.9 Å². The van der Waals surface area contributed by atoms with E-state index >= 15 is 0 Å². The number of thioether (sulfide) groups is 1. The molecule has 1 aromatic carbocycles. The molecule has 1 amide bonds. The summed E-state index contributed by atoms with van der Waals surface area (Å²) in [6.45, 7) is 4.07. The maximum absolute atomic E-state index is 11.3. The minimum Gasteiger partial charge on any atom is -0.358 e. The third-order valence-corrected chi connectivity index (χ3v) is 3.78. The Balaban J connectivity index is 2.29. The van der Waals surface area contributed by atoms with Crippen LogP contribution in [0.3, 0.4) is 0 Å². The number of nitrogens with one attached hydrogen (secondary N) is 1. The summed E-state index contributed by atoms with van der Waals surface area (Å²) in [6.07, 6.45) is 0. The Kier molecular flexibility index (Phi) is 4.16. The van der Waals surface area contributed by atoms with E-state index in [-0.39, 0.29) is 5.91 Å². The van der Waals surface area contributed by atoms with Crippen molar-refractivity contribution < 1.29 is 4.79 Å². The highest BCUT2D eigenvalue weighted by atomic mass is 32.2. The number of hydrogen-bond donors (Lipinski definition) is 1. The summed E-state index contributed by atoms with van der Waals surface area (Å²) in [4.78, 5) is 11.3. The fraction of sp³-hybridized carbons (Fsp3) is 0.333. The molecule has 1 heterocycles. The van der Waals surface area contributed by atoms with Gasteiger partial charge in [0.05, 0.1) is 11.4 Å². The molecule has 1 N–H and O–H groups in total. The lowest BCUT2D eigenvalue weighted by Gasteiger charge is -2.09. The van der Waals surface area contributed by atoms with Crippen LogP contribution < -0.4 is 5.32 Å². The Morgan fingerprint density at radius 2 is 2.21 bits per heavy atom. The maximum Gasteiger partial charge on any atom is 0.230 e. The number of aryl methyl sites for hydroxylation is 1. The fourth-order valence-electron chi connectivity index (χ4n) is 1.59. The Morgan fingerprint density at radius 1 is 1.42 bits per heavy atom. The molecule has 0 aliphatic carbocycles. The van der Waals surface area contributed by atoms with E-state index in [9.17, 15) is 4.79 Å². The molecule has 0 spiro atoms. The predicted molar refractivity (Wildman–Crippen MR) is 73.4 cm³/mol. The number of nitrogens with zero attached hydrogens (tertiary/aromatic N) is 4. The zero-order chi connectivity index (χ0) is 13.8. The van der Waals surface area contributed by atoms with Crippen molar-refractivity contribution in [1.29, 1.82) is 0 Å². The molecule has 100 valence electrons. The standard InChI is InChI=1S/C12H15N5OS/c1-8-5-4-6-10(9(8)2)17-12(14-15-16-17)19-7-11(18)13-3/h4-6H,7H2,1-3H3,(H,13,18). The molecule has 6 nitrogen and oxygen atoms in total. The van der Waals surface area contributed by atoms with E-state index in [2.05, 4.69) is 20.8 Å². The van der Waals surface area contributed by atoms with Gasteiger partial charge in [0.1, 0.15) is 0 Å². The molecule has 0 saturated carbocycles. The van der Waals surface area contributed by atoms with Gasteiger partial charge in [-0.15, -0.1) is 5.10 Å². The zero-order valence-corrected chi connectivity index (χ0v) is 11.9. The summed E-state index contributed by atoms with van der Waals surface area (Å²) in [5.41, 5.74) is 3.23. The van der Waals surface area contributed by atoms with Crippen molar-refractivity contribution in [3.63, 3.8) is 0 Å². The van der Waals surface area contributed by atoms with Crippen molar-refractivity contribution in [1.82, 2.24) is 25.5 Å². The number of tetrazole rings is 1. The summed E-state index contributed by atoms with van der Waals surface area (Å²) < 4.78 is 1.66. The number of hydrogen-bond acceptors (Lipinski definition) is 5. The van der Waals surface area contributed by atoms with Crippen molar-refractivity contribution in [3.8, 4) is 5.69 Å². The molecule has 0 bridgehead atoms. The predicted octanol–water partition coefficient (Wildman–Crippen LogP) is 1.12. The first-order valence-corrected chi connectivity index (χ1v) is 6.80. The molecule has 0 saturated heterocycles. The monoisotopic (exact) mass is 277 g/mol. The minimum atomic E-state index is -0.0551. The van der Waals surface area contributed by atoms with E-state index in [1.807, 2.05) is 32.0 Å². The molecule has 0 radical (unpaired) electrons. The summed E-state index contributed by atoms with van der Waals surface area (Å²) in [5, 5.41) is 14.8. The van der Waals surface area contributed by atoms with Gasteiger partial charge in [0, 0.05) is 7.05 Å². The highest BCUT2D eigenvalue weighted by molar-refractivity contribution is 7.99. The number of benzene rings is 1. The van der Waals surface area contributed by atoms with Gasteiger partial charge in [0.2, 0.25) is 11.1 Å². The van der Waals surface area contributed by atoms with Crippen LogP contribution in [0.1, 0.15) is 11.1 Å². The van der Waals surface area contributed by atoms with Gasteiger partial charge in [-0.25, -0.2) is 0 Å². The number of amides is 1.